The van der Waals surface area contributed by atoms with Crippen molar-refractivity contribution in [1.82, 2.24) is 15.8 Å². The van der Waals surface area contributed by atoms with Gasteiger partial charge in [-0.3, -0.25) is 15.0 Å². The molecular weight excluding hydrogens is 446 g/mol. The van der Waals surface area contributed by atoms with Crippen LogP contribution in [0.4, 0.5) is 4.79 Å². The minimum absolute atomic E-state index is 0.222. The molecule has 2 aliphatic rings. The minimum Gasteiger partial charge on any atom is -0.454 e. The lowest BCUT2D eigenvalue weighted by Crippen LogP contribution is -2.48. The first kappa shape index (κ1) is 22.3. The van der Waals surface area contributed by atoms with Gasteiger partial charge in [0.25, 0.3) is 11.8 Å². The van der Waals surface area contributed by atoms with E-state index in [1.54, 1.807) is 37.3 Å². The Morgan fingerprint density at radius 2 is 1.71 bits per heavy atom. The molecule has 4 amide bonds. The fourth-order valence-electron chi connectivity index (χ4n) is 4.60. The van der Waals surface area contributed by atoms with Gasteiger partial charge in [-0.1, -0.05) is 67.6 Å². The molecule has 0 bridgehead atoms. The normalized spacial score (nSPS) is 21.2. The fraction of sp³-hybridized carbons (Fsp3) is 0.185. The second-order valence-electron chi connectivity index (χ2n) is 8.52. The molecule has 1 fully saturated rings. The van der Waals surface area contributed by atoms with Crippen molar-refractivity contribution in [2.45, 2.75) is 31.4 Å². The predicted molar refractivity (Wildman–Crippen MR) is 126 cm³/mol. The van der Waals surface area contributed by atoms with E-state index in [1.807, 2.05) is 36.4 Å². The highest BCUT2D eigenvalue weighted by Crippen LogP contribution is 2.33. The SMILES string of the molecule is CCC1(c2ccccc2)NC(=O)N(NC(=O)c2ccc3c(c2)CC(c2ccccc2)OC3=O)C1=O. The van der Waals surface area contributed by atoms with Gasteiger partial charge in [0.15, 0.2) is 0 Å². The number of rotatable bonds is 5. The van der Waals surface area contributed by atoms with E-state index in [4.69, 9.17) is 4.74 Å². The zero-order chi connectivity index (χ0) is 24.6. The highest BCUT2D eigenvalue weighted by molar-refractivity contribution is 6.09. The number of carbonyl (C=O) groups is 4. The Morgan fingerprint density at radius 3 is 2.40 bits per heavy atom. The van der Waals surface area contributed by atoms with Gasteiger partial charge in [0.1, 0.15) is 11.6 Å². The van der Waals surface area contributed by atoms with Gasteiger partial charge in [0.05, 0.1) is 5.56 Å². The number of amides is 4. The van der Waals surface area contributed by atoms with E-state index in [-0.39, 0.29) is 5.56 Å². The molecule has 8 heteroatoms. The average molecular weight is 469 g/mol. The predicted octanol–water partition coefficient (Wildman–Crippen LogP) is 3.64. The summed E-state index contributed by atoms with van der Waals surface area (Å²) in [6.07, 6.45) is 0.259. The van der Waals surface area contributed by atoms with E-state index in [2.05, 4.69) is 10.7 Å². The van der Waals surface area contributed by atoms with Crippen molar-refractivity contribution in [3.8, 4) is 0 Å². The first-order chi connectivity index (χ1) is 16.9. The Morgan fingerprint density at radius 1 is 1.03 bits per heavy atom. The van der Waals surface area contributed by atoms with Crippen molar-refractivity contribution in [3.63, 3.8) is 0 Å². The summed E-state index contributed by atoms with van der Waals surface area (Å²) in [5.74, 6) is -1.65. The zero-order valence-corrected chi connectivity index (χ0v) is 19.0. The van der Waals surface area contributed by atoms with Gasteiger partial charge >= 0.3 is 12.0 Å². The van der Waals surface area contributed by atoms with Crippen LogP contribution < -0.4 is 10.7 Å². The van der Waals surface area contributed by atoms with Crippen LogP contribution in [0.5, 0.6) is 0 Å². The van der Waals surface area contributed by atoms with Gasteiger partial charge in [-0.2, -0.15) is 5.01 Å². The van der Waals surface area contributed by atoms with Gasteiger partial charge in [-0.25, -0.2) is 9.59 Å². The summed E-state index contributed by atoms with van der Waals surface area (Å²) in [7, 11) is 0. The zero-order valence-electron chi connectivity index (χ0n) is 19.0. The number of imide groups is 1. The Balaban J connectivity index is 1.38. The molecule has 35 heavy (non-hydrogen) atoms. The summed E-state index contributed by atoms with van der Waals surface area (Å²) >= 11 is 0. The number of nitrogens with zero attached hydrogens (tertiary/aromatic N) is 1. The fourth-order valence-corrected chi connectivity index (χ4v) is 4.60. The van der Waals surface area contributed by atoms with Crippen LogP contribution in [-0.2, 0) is 21.5 Å². The van der Waals surface area contributed by atoms with Crippen LogP contribution in [0.2, 0.25) is 0 Å². The Hall–Kier alpha value is -4.46. The highest BCUT2D eigenvalue weighted by atomic mass is 16.5. The van der Waals surface area contributed by atoms with Crippen molar-refractivity contribution < 1.29 is 23.9 Å². The Labute approximate surface area is 201 Å². The molecule has 3 aromatic rings. The van der Waals surface area contributed by atoms with E-state index in [9.17, 15) is 19.2 Å². The number of hydrazine groups is 1. The van der Waals surface area contributed by atoms with Crippen molar-refractivity contribution >= 4 is 23.8 Å². The number of hydrogen-bond acceptors (Lipinski definition) is 5. The Bertz CT molecular complexity index is 1330. The van der Waals surface area contributed by atoms with Crippen molar-refractivity contribution in [1.29, 1.82) is 0 Å². The molecule has 0 aliphatic carbocycles. The van der Waals surface area contributed by atoms with E-state index in [1.165, 1.54) is 12.1 Å². The number of esters is 1. The van der Waals surface area contributed by atoms with E-state index < -0.39 is 35.5 Å². The van der Waals surface area contributed by atoms with Crippen LogP contribution in [0.25, 0.3) is 0 Å². The van der Waals surface area contributed by atoms with Crippen LogP contribution in [0, 0.1) is 0 Å². The molecule has 0 aromatic heterocycles. The van der Waals surface area contributed by atoms with Gasteiger partial charge < -0.3 is 10.1 Å². The molecule has 2 atom stereocenters. The lowest BCUT2D eigenvalue weighted by atomic mass is 9.87. The first-order valence-electron chi connectivity index (χ1n) is 11.3. The molecule has 8 nitrogen and oxygen atoms in total. The smallest absolute Gasteiger partial charge is 0.344 e. The van der Waals surface area contributed by atoms with Crippen LogP contribution in [-0.4, -0.2) is 28.8 Å². The number of carbonyl (C=O) groups excluding carboxylic acids is 4. The van der Waals surface area contributed by atoms with E-state index >= 15 is 0 Å². The number of cyclic esters (lactones) is 1. The number of urea groups is 1. The molecule has 176 valence electrons. The summed E-state index contributed by atoms with van der Waals surface area (Å²) < 4.78 is 5.57. The largest absolute Gasteiger partial charge is 0.454 e. The third kappa shape index (κ3) is 3.82. The number of benzene rings is 3. The molecule has 0 spiro atoms. The average Bonchev–Trinajstić information content (AvgIpc) is 3.14. The first-order valence-corrected chi connectivity index (χ1v) is 11.3. The monoisotopic (exact) mass is 469 g/mol. The summed E-state index contributed by atoms with van der Waals surface area (Å²) in [6, 6.07) is 22.2. The number of ether oxygens (including phenoxy) is 1. The van der Waals surface area contributed by atoms with Crippen LogP contribution in [0.3, 0.4) is 0 Å². The van der Waals surface area contributed by atoms with Crippen molar-refractivity contribution in [3.05, 3.63) is 107 Å². The molecule has 3 aromatic carbocycles. The third-order valence-electron chi connectivity index (χ3n) is 6.52. The quantitative estimate of drug-likeness (QED) is 0.439. The lowest BCUT2D eigenvalue weighted by molar-refractivity contribution is -0.133. The molecule has 0 radical (unpaired) electrons. The van der Waals surface area contributed by atoms with Gasteiger partial charge in [-0.15, -0.1) is 0 Å². The maximum absolute atomic E-state index is 13.3. The molecule has 0 saturated carbocycles. The summed E-state index contributed by atoms with van der Waals surface area (Å²) in [5.41, 5.74) is 3.94. The van der Waals surface area contributed by atoms with Crippen molar-refractivity contribution in [2.75, 3.05) is 0 Å². The van der Waals surface area contributed by atoms with Crippen LogP contribution in [0.1, 0.15) is 56.9 Å². The molecular formula is C27H23N3O5. The topological polar surface area (TPSA) is 105 Å². The molecule has 2 aliphatic heterocycles. The third-order valence-corrected chi connectivity index (χ3v) is 6.52. The summed E-state index contributed by atoms with van der Waals surface area (Å²) in [5, 5.41) is 3.45. The highest BCUT2D eigenvalue weighted by Gasteiger charge is 2.52. The molecule has 2 unspecified atom stereocenters. The molecule has 2 heterocycles. The number of nitrogens with one attached hydrogen (secondary N) is 2. The molecule has 5 rings (SSSR count). The molecule has 2 N–H and O–H groups in total. The number of hydrogen-bond donors (Lipinski definition) is 2. The maximum atomic E-state index is 13.3. The van der Waals surface area contributed by atoms with Crippen molar-refractivity contribution in [2.24, 2.45) is 0 Å². The van der Waals surface area contributed by atoms with Gasteiger partial charge in [0, 0.05) is 12.0 Å². The van der Waals surface area contributed by atoms with E-state index in [0.29, 0.717) is 29.5 Å². The maximum Gasteiger partial charge on any atom is 0.344 e. The number of fused-ring (bicyclic) bond motifs is 1. The van der Waals surface area contributed by atoms with Crippen LogP contribution >= 0.6 is 0 Å². The second-order valence-corrected chi connectivity index (χ2v) is 8.52. The van der Waals surface area contributed by atoms with Gasteiger partial charge in [-0.05, 0) is 41.3 Å². The summed E-state index contributed by atoms with van der Waals surface area (Å²) in [6.45, 7) is 1.79. The van der Waals surface area contributed by atoms with E-state index in [0.717, 1.165) is 10.6 Å². The molecule has 1 saturated heterocycles. The second kappa shape index (κ2) is 8.72. The lowest BCUT2D eigenvalue weighted by Gasteiger charge is -2.26. The van der Waals surface area contributed by atoms with Gasteiger partial charge in [0.2, 0.25) is 0 Å². The Kier molecular flexibility index (Phi) is 5.56. The summed E-state index contributed by atoms with van der Waals surface area (Å²) in [4.78, 5) is 51.5. The minimum atomic E-state index is -1.26. The van der Waals surface area contributed by atoms with Crippen LogP contribution in [0.15, 0.2) is 78.9 Å². The standard InChI is InChI=1S/C27H23N3O5/c1-2-27(20-11-7-4-8-12-20)25(33)30(26(34)28-27)29-23(31)18-13-14-21-19(15-18)16-22(35-24(21)32)17-9-5-3-6-10-17/h3-15,22H,2,16H2,1H3,(H,28,34)(H,29,31).